The van der Waals surface area contributed by atoms with Crippen LogP contribution in [0.15, 0.2) is 0 Å². The van der Waals surface area contributed by atoms with Gasteiger partial charge in [-0.25, -0.2) is 0 Å². The Labute approximate surface area is 87.4 Å². The van der Waals surface area contributed by atoms with Crippen molar-refractivity contribution in [3.63, 3.8) is 0 Å². The monoisotopic (exact) mass is 204 g/mol. The molecular weight excluding hydrogens is 180 g/mol. The van der Waals surface area contributed by atoms with Gasteiger partial charge in [-0.05, 0) is 25.2 Å². The van der Waals surface area contributed by atoms with Crippen LogP contribution in [0, 0.1) is 5.92 Å². The largest absolute Gasteiger partial charge is 0.393 e. The fourth-order valence-electron chi connectivity index (χ4n) is 1.14. The van der Waals surface area contributed by atoms with E-state index in [0.29, 0.717) is 5.92 Å². The lowest BCUT2D eigenvalue weighted by molar-refractivity contribution is 0.0757. The number of ether oxygens (including phenoxy) is 2. The summed E-state index contributed by atoms with van der Waals surface area (Å²) in [7, 11) is 1.69. The van der Waals surface area contributed by atoms with Crippen LogP contribution in [0.4, 0.5) is 0 Å². The van der Waals surface area contributed by atoms with E-state index in [0.717, 1.165) is 39.1 Å². The molecule has 3 nitrogen and oxygen atoms in total. The van der Waals surface area contributed by atoms with Crippen molar-refractivity contribution in [2.75, 3.05) is 26.9 Å². The number of aliphatic hydroxyl groups is 1. The zero-order chi connectivity index (χ0) is 10.8. The highest BCUT2D eigenvalue weighted by molar-refractivity contribution is 4.59. The number of hydrogen-bond acceptors (Lipinski definition) is 3. The van der Waals surface area contributed by atoms with Crippen LogP contribution in [-0.4, -0.2) is 38.1 Å². The molecule has 1 N–H and O–H groups in total. The fraction of sp³-hybridized carbons (Fsp3) is 1.00. The van der Waals surface area contributed by atoms with Crippen LogP contribution in [0.3, 0.4) is 0 Å². The molecule has 0 aliphatic carbocycles. The van der Waals surface area contributed by atoms with Crippen molar-refractivity contribution in [3.05, 3.63) is 0 Å². The van der Waals surface area contributed by atoms with Crippen molar-refractivity contribution in [1.82, 2.24) is 0 Å². The SMILES string of the molecule is COCCCOCCCC(O)C(C)C. The molecule has 0 heterocycles. The summed E-state index contributed by atoms with van der Waals surface area (Å²) in [6.45, 7) is 6.32. The molecule has 0 aliphatic rings. The first kappa shape index (κ1) is 13.9. The second-order valence-corrected chi connectivity index (χ2v) is 3.91. The van der Waals surface area contributed by atoms with Gasteiger partial charge in [0.25, 0.3) is 0 Å². The number of rotatable bonds is 9. The highest BCUT2D eigenvalue weighted by Crippen LogP contribution is 2.07. The Hall–Kier alpha value is -0.120. The summed E-state index contributed by atoms with van der Waals surface area (Å²) in [5, 5.41) is 9.49. The molecule has 1 unspecified atom stereocenters. The average molecular weight is 204 g/mol. The Bertz CT molecular complexity index is 115. The molecule has 0 aromatic rings. The highest BCUT2D eigenvalue weighted by Gasteiger charge is 2.07. The van der Waals surface area contributed by atoms with Gasteiger partial charge in [-0.3, -0.25) is 0 Å². The third kappa shape index (κ3) is 8.48. The summed E-state index contributed by atoms with van der Waals surface area (Å²) in [6.07, 6.45) is 2.54. The van der Waals surface area contributed by atoms with Gasteiger partial charge >= 0.3 is 0 Å². The van der Waals surface area contributed by atoms with Gasteiger partial charge in [-0.1, -0.05) is 13.8 Å². The van der Waals surface area contributed by atoms with Crippen molar-refractivity contribution in [2.24, 2.45) is 5.92 Å². The van der Waals surface area contributed by atoms with Crippen LogP contribution in [0.5, 0.6) is 0 Å². The normalized spacial score (nSPS) is 13.5. The van der Waals surface area contributed by atoms with Gasteiger partial charge in [0.1, 0.15) is 0 Å². The van der Waals surface area contributed by atoms with E-state index >= 15 is 0 Å². The maximum absolute atomic E-state index is 9.49. The predicted molar refractivity (Wildman–Crippen MR) is 57.4 cm³/mol. The van der Waals surface area contributed by atoms with Crippen LogP contribution >= 0.6 is 0 Å². The molecule has 0 aromatic heterocycles. The van der Waals surface area contributed by atoms with Gasteiger partial charge in [0.2, 0.25) is 0 Å². The molecule has 0 radical (unpaired) electrons. The van der Waals surface area contributed by atoms with E-state index in [1.807, 2.05) is 13.8 Å². The van der Waals surface area contributed by atoms with Gasteiger partial charge in [0.15, 0.2) is 0 Å². The van der Waals surface area contributed by atoms with Crippen molar-refractivity contribution >= 4 is 0 Å². The molecule has 0 rings (SSSR count). The molecule has 0 saturated carbocycles. The molecule has 0 saturated heterocycles. The third-order valence-corrected chi connectivity index (χ3v) is 2.20. The van der Waals surface area contributed by atoms with Gasteiger partial charge in [0.05, 0.1) is 6.10 Å². The first-order valence-electron chi connectivity index (χ1n) is 5.43. The molecule has 1 atom stereocenters. The second kappa shape index (κ2) is 9.44. The summed E-state index contributed by atoms with van der Waals surface area (Å²) < 4.78 is 10.3. The molecule has 14 heavy (non-hydrogen) atoms. The quantitative estimate of drug-likeness (QED) is 0.582. The molecule has 0 aliphatic heterocycles. The zero-order valence-corrected chi connectivity index (χ0v) is 9.66. The van der Waals surface area contributed by atoms with Crippen LogP contribution in [0.2, 0.25) is 0 Å². The Balaban J connectivity index is 3.06. The lowest BCUT2D eigenvalue weighted by atomic mass is 10.0. The standard InChI is InChI=1S/C11H24O3/c1-10(2)11(12)6-4-8-14-9-5-7-13-3/h10-12H,4-9H2,1-3H3. The highest BCUT2D eigenvalue weighted by atomic mass is 16.5. The molecular formula is C11H24O3. The molecule has 0 amide bonds. The van der Waals surface area contributed by atoms with E-state index in [2.05, 4.69) is 0 Å². The van der Waals surface area contributed by atoms with Gasteiger partial charge in [-0.15, -0.1) is 0 Å². The van der Waals surface area contributed by atoms with Crippen LogP contribution in [-0.2, 0) is 9.47 Å². The van der Waals surface area contributed by atoms with E-state index in [9.17, 15) is 5.11 Å². The molecule has 0 spiro atoms. The molecule has 86 valence electrons. The van der Waals surface area contributed by atoms with Crippen molar-refractivity contribution in [1.29, 1.82) is 0 Å². The molecule has 0 bridgehead atoms. The summed E-state index contributed by atoms with van der Waals surface area (Å²) in [5.74, 6) is 0.350. The Kier molecular flexibility index (Phi) is 9.35. The maximum Gasteiger partial charge on any atom is 0.0564 e. The first-order valence-corrected chi connectivity index (χ1v) is 5.43. The minimum atomic E-state index is -0.183. The van der Waals surface area contributed by atoms with Crippen molar-refractivity contribution in [2.45, 2.75) is 39.2 Å². The summed E-state index contributed by atoms with van der Waals surface area (Å²) in [6, 6.07) is 0. The molecule has 0 fully saturated rings. The van der Waals surface area contributed by atoms with Crippen LogP contribution in [0.25, 0.3) is 0 Å². The minimum Gasteiger partial charge on any atom is -0.393 e. The first-order chi connectivity index (χ1) is 6.68. The predicted octanol–water partition coefficient (Wildman–Crippen LogP) is 1.84. The smallest absolute Gasteiger partial charge is 0.0564 e. The van der Waals surface area contributed by atoms with Crippen molar-refractivity contribution in [3.8, 4) is 0 Å². The lowest BCUT2D eigenvalue weighted by Crippen LogP contribution is -2.15. The summed E-state index contributed by atoms with van der Waals surface area (Å²) in [5.41, 5.74) is 0. The van der Waals surface area contributed by atoms with Gasteiger partial charge < -0.3 is 14.6 Å². The summed E-state index contributed by atoms with van der Waals surface area (Å²) in [4.78, 5) is 0. The molecule has 3 heteroatoms. The van der Waals surface area contributed by atoms with E-state index in [1.54, 1.807) is 7.11 Å². The van der Waals surface area contributed by atoms with Gasteiger partial charge in [0, 0.05) is 26.9 Å². The Morgan fingerprint density at radius 3 is 2.29 bits per heavy atom. The topological polar surface area (TPSA) is 38.7 Å². The van der Waals surface area contributed by atoms with Gasteiger partial charge in [-0.2, -0.15) is 0 Å². The van der Waals surface area contributed by atoms with Crippen LogP contribution < -0.4 is 0 Å². The van der Waals surface area contributed by atoms with Crippen LogP contribution in [0.1, 0.15) is 33.1 Å². The minimum absolute atomic E-state index is 0.183. The summed E-state index contributed by atoms with van der Waals surface area (Å²) >= 11 is 0. The third-order valence-electron chi connectivity index (χ3n) is 2.20. The van der Waals surface area contributed by atoms with Crippen molar-refractivity contribution < 1.29 is 14.6 Å². The van der Waals surface area contributed by atoms with E-state index < -0.39 is 0 Å². The molecule has 0 aromatic carbocycles. The Morgan fingerprint density at radius 2 is 1.71 bits per heavy atom. The lowest BCUT2D eigenvalue weighted by Gasteiger charge is -2.13. The second-order valence-electron chi connectivity index (χ2n) is 3.91. The Morgan fingerprint density at radius 1 is 1.07 bits per heavy atom. The number of methoxy groups -OCH3 is 1. The zero-order valence-electron chi connectivity index (χ0n) is 9.66. The van der Waals surface area contributed by atoms with E-state index in [4.69, 9.17) is 9.47 Å². The number of hydrogen-bond donors (Lipinski definition) is 1. The van der Waals surface area contributed by atoms with E-state index in [1.165, 1.54) is 0 Å². The number of aliphatic hydroxyl groups excluding tert-OH is 1. The maximum atomic E-state index is 9.49. The fourth-order valence-corrected chi connectivity index (χ4v) is 1.14. The van der Waals surface area contributed by atoms with E-state index in [-0.39, 0.29) is 6.10 Å². The average Bonchev–Trinajstić information content (AvgIpc) is 2.16.